The fourth-order valence-corrected chi connectivity index (χ4v) is 2.03. The monoisotopic (exact) mass is 299 g/mol. The number of esters is 2. The van der Waals surface area contributed by atoms with E-state index in [1.165, 1.54) is 13.8 Å². The Labute approximate surface area is 123 Å². The van der Waals surface area contributed by atoms with Crippen molar-refractivity contribution in [1.29, 1.82) is 0 Å². The van der Waals surface area contributed by atoms with Crippen LogP contribution < -0.4 is 5.73 Å². The highest BCUT2D eigenvalue weighted by Gasteiger charge is 2.43. The Morgan fingerprint density at radius 1 is 1.15 bits per heavy atom. The topological polar surface area (TPSA) is 78.6 Å². The Bertz CT molecular complexity index is 469. The van der Waals surface area contributed by atoms with E-state index >= 15 is 0 Å². The van der Waals surface area contributed by atoms with Crippen molar-refractivity contribution in [3.63, 3.8) is 0 Å². The Hall–Kier alpha value is -1.59. The van der Waals surface area contributed by atoms with E-state index in [1.807, 2.05) is 30.3 Å². The third kappa shape index (κ3) is 3.71. The SMILES string of the molecule is CC1(C)OC(=O)C(C[C@H](N)c2ccccc2)C(=O)O1.Cl. The van der Waals surface area contributed by atoms with Crippen LogP contribution in [0, 0.1) is 5.92 Å². The number of ether oxygens (including phenoxy) is 2. The summed E-state index contributed by atoms with van der Waals surface area (Å²) in [4.78, 5) is 23.6. The van der Waals surface area contributed by atoms with Gasteiger partial charge in [0, 0.05) is 19.9 Å². The zero-order valence-corrected chi connectivity index (χ0v) is 12.2. The van der Waals surface area contributed by atoms with Crippen LogP contribution in [-0.2, 0) is 19.1 Å². The van der Waals surface area contributed by atoms with E-state index < -0.39 is 29.7 Å². The molecule has 1 aliphatic rings. The fraction of sp³-hybridized carbons (Fsp3) is 0.429. The number of cyclic esters (lactones) is 2. The van der Waals surface area contributed by atoms with Crippen LogP contribution in [0.2, 0.25) is 0 Å². The van der Waals surface area contributed by atoms with Gasteiger partial charge in [-0.3, -0.25) is 9.59 Å². The largest absolute Gasteiger partial charge is 0.422 e. The second-order valence-electron chi connectivity index (χ2n) is 5.05. The molecule has 6 heteroatoms. The molecule has 1 heterocycles. The lowest BCUT2D eigenvalue weighted by Crippen LogP contribution is -2.47. The molecule has 0 saturated carbocycles. The van der Waals surface area contributed by atoms with Crippen molar-refractivity contribution in [2.75, 3.05) is 0 Å². The molecule has 0 bridgehead atoms. The maximum absolute atomic E-state index is 11.8. The first-order valence-electron chi connectivity index (χ1n) is 6.15. The predicted molar refractivity (Wildman–Crippen MR) is 75.0 cm³/mol. The van der Waals surface area contributed by atoms with Crippen molar-refractivity contribution in [3.8, 4) is 0 Å². The predicted octanol–water partition coefficient (Wildman–Crippen LogP) is 1.95. The lowest BCUT2D eigenvalue weighted by atomic mass is 9.94. The molecule has 20 heavy (non-hydrogen) atoms. The number of rotatable bonds is 3. The van der Waals surface area contributed by atoms with E-state index in [0.717, 1.165) is 5.56 Å². The number of halogens is 1. The molecular formula is C14H18ClNO4. The normalized spacial score (nSPS) is 19.6. The van der Waals surface area contributed by atoms with Gasteiger partial charge in [-0.2, -0.15) is 0 Å². The molecule has 1 aromatic rings. The summed E-state index contributed by atoms with van der Waals surface area (Å²) in [6.45, 7) is 3.05. The zero-order valence-electron chi connectivity index (χ0n) is 11.4. The van der Waals surface area contributed by atoms with E-state index in [0.29, 0.717) is 0 Å². The van der Waals surface area contributed by atoms with Crippen LogP contribution in [0.25, 0.3) is 0 Å². The smallest absolute Gasteiger partial charge is 0.323 e. The zero-order chi connectivity index (χ0) is 14.0. The summed E-state index contributed by atoms with van der Waals surface area (Å²) in [5.74, 6) is -3.30. The molecule has 1 aromatic carbocycles. The van der Waals surface area contributed by atoms with Crippen molar-refractivity contribution < 1.29 is 19.1 Å². The third-order valence-corrected chi connectivity index (χ3v) is 2.98. The first-order valence-corrected chi connectivity index (χ1v) is 6.15. The Balaban J connectivity index is 0.00000200. The number of carbonyl (C=O) groups is 2. The molecule has 0 aromatic heterocycles. The molecule has 2 N–H and O–H groups in total. The van der Waals surface area contributed by atoms with Gasteiger partial charge in [0.25, 0.3) is 5.79 Å². The summed E-state index contributed by atoms with van der Waals surface area (Å²) in [5, 5.41) is 0. The van der Waals surface area contributed by atoms with Crippen molar-refractivity contribution >= 4 is 24.3 Å². The molecule has 0 aliphatic carbocycles. The molecule has 1 atom stereocenters. The molecule has 2 rings (SSSR count). The number of benzene rings is 1. The van der Waals surface area contributed by atoms with Crippen LogP contribution in [0.15, 0.2) is 30.3 Å². The van der Waals surface area contributed by atoms with Crippen molar-refractivity contribution in [2.24, 2.45) is 11.7 Å². The van der Waals surface area contributed by atoms with Crippen molar-refractivity contribution in [1.82, 2.24) is 0 Å². The summed E-state index contributed by atoms with van der Waals surface area (Å²) in [6, 6.07) is 8.89. The van der Waals surface area contributed by atoms with Crippen LogP contribution in [0.5, 0.6) is 0 Å². The molecule has 0 spiro atoms. The highest BCUT2D eigenvalue weighted by Crippen LogP contribution is 2.28. The van der Waals surface area contributed by atoms with Gasteiger partial charge in [0.15, 0.2) is 5.92 Å². The van der Waals surface area contributed by atoms with Crippen LogP contribution in [0.1, 0.15) is 31.9 Å². The van der Waals surface area contributed by atoms with E-state index in [-0.39, 0.29) is 18.8 Å². The molecule has 1 fully saturated rings. The van der Waals surface area contributed by atoms with E-state index in [4.69, 9.17) is 15.2 Å². The van der Waals surface area contributed by atoms with Gasteiger partial charge < -0.3 is 15.2 Å². The molecule has 1 saturated heterocycles. The van der Waals surface area contributed by atoms with Gasteiger partial charge >= 0.3 is 11.9 Å². The van der Waals surface area contributed by atoms with Gasteiger partial charge in [0.1, 0.15) is 0 Å². The minimum atomic E-state index is -1.19. The number of hydrogen-bond acceptors (Lipinski definition) is 5. The van der Waals surface area contributed by atoms with Gasteiger partial charge in [-0.15, -0.1) is 12.4 Å². The number of carbonyl (C=O) groups excluding carboxylic acids is 2. The van der Waals surface area contributed by atoms with E-state index in [2.05, 4.69) is 0 Å². The van der Waals surface area contributed by atoms with E-state index in [1.54, 1.807) is 0 Å². The first-order chi connectivity index (χ1) is 8.89. The van der Waals surface area contributed by atoms with Crippen molar-refractivity contribution in [2.45, 2.75) is 32.1 Å². The van der Waals surface area contributed by atoms with Crippen LogP contribution in [-0.4, -0.2) is 17.7 Å². The van der Waals surface area contributed by atoms with Gasteiger partial charge in [0.05, 0.1) is 0 Å². The second kappa shape index (κ2) is 6.24. The second-order valence-corrected chi connectivity index (χ2v) is 5.05. The molecule has 5 nitrogen and oxygen atoms in total. The van der Waals surface area contributed by atoms with Gasteiger partial charge in [-0.25, -0.2) is 0 Å². The van der Waals surface area contributed by atoms with Crippen LogP contribution >= 0.6 is 12.4 Å². The quantitative estimate of drug-likeness (QED) is 0.682. The molecule has 0 radical (unpaired) electrons. The lowest BCUT2D eigenvalue weighted by molar-refractivity contribution is -0.240. The summed E-state index contributed by atoms with van der Waals surface area (Å²) in [5.41, 5.74) is 6.87. The summed E-state index contributed by atoms with van der Waals surface area (Å²) < 4.78 is 10.1. The summed E-state index contributed by atoms with van der Waals surface area (Å²) >= 11 is 0. The highest BCUT2D eigenvalue weighted by molar-refractivity contribution is 5.96. The number of hydrogen-bond donors (Lipinski definition) is 1. The molecule has 0 amide bonds. The molecular weight excluding hydrogens is 282 g/mol. The standard InChI is InChI=1S/C14H17NO4.ClH/c1-14(2)18-12(16)10(13(17)19-14)8-11(15)9-6-4-3-5-7-9;/h3-7,10-11H,8,15H2,1-2H3;1H/t11-;/m0./s1. The first kappa shape index (κ1) is 16.5. The third-order valence-electron chi connectivity index (χ3n) is 2.98. The molecule has 0 unspecified atom stereocenters. The molecule has 1 aliphatic heterocycles. The van der Waals surface area contributed by atoms with Gasteiger partial charge in [0.2, 0.25) is 0 Å². The molecule has 110 valence electrons. The summed E-state index contributed by atoms with van der Waals surface area (Å²) in [6.07, 6.45) is 0.178. The van der Waals surface area contributed by atoms with Gasteiger partial charge in [-0.05, 0) is 12.0 Å². The minimum absolute atomic E-state index is 0. The average Bonchev–Trinajstić information content (AvgIpc) is 2.33. The Kier molecular flexibility index (Phi) is 5.14. The maximum atomic E-state index is 11.8. The van der Waals surface area contributed by atoms with Crippen molar-refractivity contribution in [3.05, 3.63) is 35.9 Å². The van der Waals surface area contributed by atoms with Gasteiger partial charge in [-0.1, -0.05) is 30.3 Å². The highest BCUT2D eigenvalue weighted by atomic mass is 35.5. The lowest BCUT2D eigenvalue weighted by Gasteiger charge is -2.33. The summed E-state index contributed by atoms with van der Waals surface area (Å²) in [7, 11) is 0. The maximum Gasteiger partial charge on any atom is 0.323 e. The average molecular weight is 300 g/mol. The van der Waals surface area contributed by atoms with Crippen LogP contribution in [0.4, 0.5) is 0 Å². The Morgan fingerprint density at radius 2 is 1.65 bits per heavy atom. The minimum Gasteiger partial charge on any atom is -0.422 e. The fourth-order valence-electron chi connectivity index (χ4n) is 2.03. The van der Waals surface area contributed by atoms with E-state index in [9.17, 15) is 9.59 Å². The Morgan fingerprint density at radius 3 is 2.15 bits per heavy atom. The van der Waals surface area contributed by atoms with Crippen LogP contribution in [0.3, 0.4) is 0 Å². The number of nitrogens with two attached hydrogens (primary N) is 1.